The summed E-state index contributed by atoms with van der Waals surface area (Å²) in [5.41, 5.74) is 14.5. The van der Waals surface area contributed by atoms with Crippen LogP contribution in [0, 0.1) is 5.92 Å². The molecule has 0 aliphatic heterocycles. The Kier molecular flexibility index (Phi) is 6.40. The van der Waals surface area contributed by atoms with Crippen molar-refractivity contribution in [3.8, 4) is 11.1 Å². The third kappa shape index (κ3) is 4.80. The zero-order valence-electron chi connectivity index (χ0n) is 19.1. The number of nitrogens with zero attached hydrogens (tertiary/aromatic N) is 5. The fourth-order valence-electron chi connectivity index (χ4n) is 3.94. The van der Waals surface area contributed by atoms with E-state index in [1.165, 1.54) is 17.1 Å². The van der Waals surface area contributed by atoms with Gasteiger partial charge in [-0.1, -0.05) is 24.3 Å². The lowest BCUT2D eigenvalue weighted by Gasteiger charge is -2.30. The topological polar surface area (TPSA) is 151 Å². The summed E-state index contributed by atoms with van der Waals surface area (Å²) in [5, 5.41) is 4.05. The molecule has 0 bridgehead atoms. The van der Waals surface area contributed by atoms with Gasteiger partial charge in [-0.15, -0.1) is 0 Å². The predicted molar refractivity (Wildman–Crippen MR) is 127 cm³/mol. The molecule has 10 heteroatoms. The number of benzene rings is 1. The Hall–Kier alpha value is -4.08. The molecule has 4 rings (SSSR count). The third-order valence-corrected chi connectivity index (χ3v) is 6.11. The number of nitrogen functional groups attached to an aromatic ring is 1. The van der Waals surface area contributed by atoms with Crippen LogP contribution in [-0.4, -0.2) is 44.1 Å². The van der Waals surface area contributed by atoms with Gasteiger partial charge in [0.25, 0.3) is 5.91 Å². The van der Waals surface area contributed by atoms with E-state index in [0.717, 1.165) is 29.5 Å². The highest BCUT2D eigenvalue weighted by Crippen LogP contribution is 2.47. The number of amidine groups is 1. The van der Waals surface area contributed by atoms with Gasteiger partial charge >= 0.3 is 5.97 Å². The van der Waals surface area contributed by atoms with Gasteiger partial charge in [-0.05, 0) is 43.7 Å². The van der Waals surface area contributed by atoms with Gasteiger partial charge in [0.15, 0.2) is 0 Å². The Morgan fingerprint density at radius 2 is 1.82 bits per heavy atom. The standard InChI is InChI=1S/C24H27N7O3/c1-3-34-20(32)14-31-13-17(12-29-31)21(33)30-22(25)24(2,19-8-9-19)18-6-4-15(5-7-18)16-10-27-23(26)28-11-16/h4-7,10-13,19H,3,8-9,14H2,1-2H3,(H2,25,30,33)(H2,26,27,28)/t24-/m0/s1. The Balaban J connectivity index is 1.55. The van der Waals surface area contributed by atoms with Crippen LogP contribution >= 0.6 is 0 Å². The molecule has 1 atom stereocenters. The van der Waals surface area contributed by atoms with Crippen LogP contribution in [0.5, 0.6) is 0 Å². The van der Waals surface area contributed by atoms with E-state index >= 15 is 0 Å². The minimum Gasteiger partial charge on any atom is -0.465 e. The number of hydrogen-bond acceptors (Lipinski definition) is 7. The summed E-state index contributed by atoms with van der Waals surface area (Å²) in [6.45, 7) is 3.94. The van der Waals surface area contributed by atoms with Gasteiger partial charge in [0, 0.05) is 24.2 Å². The van der Waals surface area contributed by atoms with Gasteiger partial charge in [0.2, 0.25) is 5.95 Å². The van der Waals surface area contributed by atoms with Gasteiger partial charge in [-0.3, -0.25) is 14.3 Å². The van der Waals surface area contributed by atoms with Crippen molar-refractivity contribution in [3.05, 3.63) is 60.2 Å². The first kappa shape index (κ1) is 23.1. The SMILES string of the molecule is CCOC(=O)Cn1cc(C(=O)N=C(N)[C@@](C)(c2ccc(-c3cnc(N)nc3)cc2)C2CC2)cn1. The minimum atomic E-state index is -0.591. The van der Waals surface area contributed by atoms with Gasteiger partial charge in [0.05, 0.1) is 23.8 Å². The summed E-state index contributed by atoms with van der Waals surface area (Å²) in [6.07, 6.45) is 8.20. The molecule has 1 aliphatic rings. The first-order valence-corrected chi connectivity index (χ1v) is 11.1. The lowest BCUT2D eigenvalue weighted by atomic mass is 9.76. The number of anilines is 1. The zero-order chi connectivity index (χ0) is 24.3. The summed E-state index contributed by atoms with van der Waals surface area (Å²) in [7, 11) is 0. The van der Waals surface area contributed by atoms with E-state index < -0.39 is 17.3 Å². The molecule has 34 heavy (non-hydrogen) atoms. The Morgan fingerprint density at radius 1 is 1.15 bits per heavy atom. The predicted octanol–water partition coefficient (Wildman–Crippen LogP) is 2.35. The van der Waals surface area contributed by atoms with Crippen molar-refractivity contribution in [1.82, 2.24) is 19.7 Å². The number of ether oxygens (including phenoxy) is 1. The molecule has 0 saturated heterocycles. The first-order chi connectivity index (χ1) is 16.3. The molecular weight excluding hydrogens is 434 g/mol. The monoisotopic (exact) mass is 461 g/mol. The maximum absolute atomic E-state index is 12.8. The molecule has 2 heterocycles. The lowest BCUT2D eigenvalue weighted by Crippen LogP contribution is -2.41. The van der Waals surface area contributed by atoms with Crippen molar-refractivity contribution < 1.29 is 14.3 Å². The van der Waals surface area contributed by atoms with Crippen LogP contribution in [0.25, 0.3) is 11.1 Å². The molecule has 0 spiro atoms. The lowest BCUT2D eigenvalue weighted by molar-refractivity contribution is -0.144. The average molecular weight is 462 g/mol. The Bertz CT molecular complexity index is 1210. The van der Waals surface area contributed by atoms with Crippen LogP contribution in [0.4, 0.5) is 5.95 Å². The molecule has 0 unspecified atom stereocenters. The highest BCUT2D eigenvalue weighted by atomic mass is 16.5. The second-order valence-electron chi connectivity index (χ2n) is 8.42. The molecule has 1 saturated carbocycles. The molecule has 4 N–H and O–H groups in total. The first-order valence-electron chi connectivity index (χ1n) is 11.1. The summed E-state index contributed by atoms with van der Waals surface area (Å²) in [5.74, 6) is -0.164. The maximum atomic E-state index is 12.8. The molecule has 1 fully saturated rings. The second kappa shape index (κ2) is 9.42. The summed E-state index contributed by atoms with van der Waals surface area (Å²) < 4.78 is 6.25. The highest BCUT2D eigenvalue weighted by Gasteiger charge is 2.46. The number of esters is 1. The van der Waals surface area contributed by atoms with E-state index in [-0.39, 0.29) is 30.5 Å². The van der Waals surface area contributed by atoms with E-state index in [9.17, 15) is 9.59 Å². The molecule has 1 aromatic carbocycles. The molecule has 10 nitrogen and oxygen atoms in total. The normalized spacial score (nSPS) is 15.5. The number of hydrogen-bond donors (Lipinski definition) is 2. The number of carbonyl (C=O) groups excluding carboxylic acids is 2. The van der Waals surface area contributed by atoms with E-state index in [0.29, 0.717) is 5.92 Å². The van der Waals surface area contributed by atoms with Crippen molar-refractivity contribution in [2.75, 3.05) is 12.3 Å². The van der Waals surface area contributed by atoms with Crippen LogP contribution in [0.3, 0.4) is 0 Å². The zero-order valence-corrected chi connectivity index (χ0v) is 19.1. The minimum absolute atomic E-state index is 0.0779. The number of aromatic nitrogens is 4. The van der Waals surface area contributed by atoms with Crippen molar-refractivity contribution in [1.29, 1.82) is 0 Å². The van der Waals surface area contributed by atoms with E-state index in [1.807, 2.05) is 31.2 Å². The Morgan fingerprint density at radius 3 is 2.44 bits per heavy atom. The third-order valence-electron chi connectivity index (χ3n) is 6.11. The van der Waals surface area contributed by atoms with Crippen LogP contribution < -0.4 is 11.5 Å². The van der Waals surface area contributed by atoms with Gasteiger partial charge in [-0.25, -0.2) is 9.97 Å². The second-order valence-corrected chi connectivity index (χ2v) is 8.42. The Labute approximate surface area is 197 Å². The number of nitrogens with two attached hydrogens (primary N) is 2. The fraction of sp³-hybridized carbons (Fsp3) is 0.333. The van der Waals surface area contributed by atoms with Gasteiger partial charge in [0.1, 0.15) is 12.4 Å². The number of aliphatic imine (C=N–C) groups is 1. The van der Waals surface area contributed by atoms with Crippen LogP contribution in [0.15, 0.2) is 54.0 Å². The summed E-state index contributed by atoms with van der Waals surface area (Å²) in [6, 6.07) is 7.93. The molecule has 0 radical (unpaired) electrons. The van der Waals surface area contributed by atoms with E-state index in [1.54, 1.807) is 19.3 Å². The maximum Gasteiger partial charge on any atom is 0.327 e. The molecule has 1 amide bonds. The van der Waals surface area contributed by atoms with Crippen LogP contribution in [0.1, 0.15) is 42.6 Å². The summed E-state index contributed by atoms with van der Waals surface area (Å²) in [4.78, 5) is 36.8. The smallest absolute Gasteiger partial charge is 0.327 e. The highest BCUT2D eigenvalue weighted by molar-refractivity contribution is 6.06. The van der Waals surface area contributed by atoms with E-state index in [2.05, 4.69) is 20.1 Å². The van der Waals surface area contributed by atoms with Gasteiger partial charge < -0.3 is 16.2 Å². The van der Waals surface area contributed by atoms with Crippen molar-refractivity contribution in [2.45, 2.75) is 38.6 Å². The van der Waals surface area contributed by atoms with Gasteiger partial charge in [-0.2, -0.15) is 10.1 Å². The molecule has 3 aromatic rings. The number of amides is 1. The van der Waals surface area contributed by atoms with Crippen molar-refractivity contribution >= 4 is 23.7 Å². The molecular formula is C24H27N7O3. The summed E-state index contributed by atoms with van der Waals surface area (Å²) >= 11 is 0. The van der Waals surface area contributed by atoms with Crippen LogP contribution in [-0.2, 0) is 21.5 Å². The average Bonchev–Trinajstić information content (AvgIpc) is 3.58. The van der Waals surface area contributed by atoms with Crippen LogP contribution in [0.2, 0.25) is 0 Å². The molecule has 1 aliphatic carbocycles. The van der Waals surface area contributed by atoms with Crippen molar-refractivity contribution in [2.24, 2.45) is 16.6 Å². The quantitative estimate of drug-likeness (QED) is 0.295. The van der Waals surface area contributed by atoms with Crippen molar-refractivity contribution in [3.63, 3.8) is 0 Å². The van der Waals surface area contributed by atoms with E-state index in [4.69, 9.17) is 16.2 Å². The number of carbonyl (C=O) groups is 2. The number of rotatable bonds is 8. The fourth-order valence-corrected chi connectivity index (χ4v) is 3.94. The molecule has 176 valence electrons. The molecule has 2 aromatic heterocycles. The largest absolute Gasteiger partial charge is 0.465 e.